The van der Waals surface area contributed by atoms with Crippen molar-refractivity contribution in [1.82, 2.24) is 4.31 Å². The molecule has 1 unspecified atom stereocenters. The first kappa shape index (κ1) is 18.1. The molecule has 0 bridgehead atoms. The number of esters is 1. The minimum Gasteiger partial charge on any atom is -0.448 e. The summed E-state index contributed by atoms with van der Waals surface area (Å²) in [6, 6.07) is 12.8. The van der Waals surface area contributed by atoms with Gasteiger partial charge in [0.1, 0.15) is 0 Å². The van der Waals surface area contributed by atoms with Crippen LogP contribution in [0.2, 0.25) is 0 Å². The minimum atomic E-state index is -3.53. The van der Waals surface area contributed by atoms with E-state index in [1.54, 1.807) is 24.3 Å². The van der Waals surface area contributed by atoms with Gasteiger partial charge in [0.25, 0.3) is 5.91 Å². The normalized spacial score (nSPS) is 16.7. The Morgan fingerprint density at radius 1 is 1.12 bits per heavy atom. The maximum Gasteiger partial charge on any atom is 0.339 e. The van der Waals surface area contributed by atoms with Crippen LogP contribution in [-0.2, 0) is 26.0 Å². The fourth-order valence-corrected chi connectivity index (χ4v) is 3.52. The number of fused-ring (bicyclic) bond motifs is 1. The van der Waals surface area contributed by atoms with Crippen LogP contribution in [-0.4, -0.2) is 44.8 Å². The molecule has 0 saturated carbocycles. The third kappa shape index (κ3) is 3.47. The van der Waals surface area contributed by atoms with Crippen LogP contribution < -0.4 is 5.32 Å². The summed E-state index contributed by atoms with van der Waals surface area (Å²) in [5, 5.41) is 2.65. The van der Waals surface area contributed by atoms with Crippen molar-refractivity contribution in [3.05, 3.63) is 59.7 Å². The monoisotopic (exact) mass is 374 g/mol. The summed E-state index contributed by atoms with van der Waals surface area (Å²) >= 11 is 0. The highest BCUT2D eigenvalue weighted by Crippen LogP contribution is 2.22. The van der Waals surface area contributed by atoms with E-state index >= 15 is 0 Å². The van der Waals surface area contributed by atoms with E-state index < -0.39 is 28.0 Å². The van der Waals surface area contributed by atoms with Gasteiger partial charge in [0.2, 0.25) is 10.0 Å². The molecular formula is C18H18N2O5S. The molecule has 0 aliphatic carbocycles. The Hall–Kier alpha value is -2.71. The SMILES string of the molecule is CN(C)S(=O)(=O)c1ccc(NC(=O)C2Cc3ccccc3C(=O)O2)cc1. The highest BCUT2D eigenvalue weighted by molar-refractivity contribution is 7.89. The van der Waals surface area contributed by atoms with E-state index in [0.29, 0.717) is 17.7 Å². The van der Waals surface area contributed by atoms with Gasteiger partial charge in [-0.05, 0) is 35.9 Å². The second-order valence-electron chi connectivity index (χ2n) is 6.06. The zero-order valence-electron chi connectivity index (χ0n) is 14.3. The second-order valence-corrected chi connectivity index (χ2v) is 8.21. The van der Waals surface area contributed by atoms with Gasteiger partial charge in [0, 0.05) is 26.2 Å². The number of hydrogen-bond acceptors (Lipinski definition) is 5. The molecule has 3 rings (SSSR count). The molecule has 0 spiro atoms. The standard InChI is InChI=1S/C18H18N2O5S/c1-20(2)26(23,24)14-9-7-13(8-10-14)19-17(21)16-11-12-5-3-4-6-15(12)18(22)25-16/h3-10,16H,11H2,1-2H3,(H,19,21). The van der Waals surface area contributed by atoms with E-state index in [1.165, 1.54) is 38.4 Å². The first-order valence-corrected chi connectivity index (χ1v) is 9.35. The lowest BCUT2D eigenvalue weighted by Crippen LogP contribution is -2.37. The van der Waals surface area contributed by atoms with Crippen LogP contribution in [0, 0.1) is 0 Å². The number of benzene rings is 2. The molecule has 0 radical (unpaired) electrons. The summed E-state index contributed by atoms with van der Waals surface area (Å²) in [5.74, 6) is -0.990. The third-order valence-corrected chi connectivity index (χ3v) is 5.91. The molecule has 0 saturated heterocycles. The molecule has 1 N–H and O–H groups in total. The predicted molar refractivity (Wildman–Crippen MR) is 95.3 cm³/mol. The number of nitrogens with zero attached hydrogens (tertiary/aromatic N) is 1. The zero-order chi connectivity index (χ0) is 18.9. The maximum absolute atomic E-state index is 12.4. The fourth-order valence-electron chi connectivity index (χ4n) is 2.62. The van der Waals surface area contributed by atoms with Crippen LogP contribution in [0.4, 0.5) is 5.69 Å². The van der Waals surface area contributed by atoms with Crippen LogP contribution >= 0.6 is 0 Å². The highest BCUT2D eigenvalue weighted by atomic mass is 32.2. The number of rotatable bonds is 4. The lowest BCUT2D eigenvalue weighted by molar-refractivity contribution is -0.125. The van der Waals surface area contributed by atoms with E-state index in [-0.39, 0.29) is 4.90 Å². The number of carbonyl (C=O) groups is 2. The zero-order valence-corrected chi connectivity index (χ0v) is 15.1. The van der Waals surface area contributed by atoms with E-state index in [1.807, 2.05) is 0 Å². The Morgan fingerprint density at radius 3 is 2.42 bits per heavy atom. The summed E-state index contributed by atoms with van der Waals surface area (Å²) in [7, 11) is -0.643. The van der Waals surface area contributed by atoms with Crippen LogP contribution in [0.3, 0.4) is 0 Å². The van der Waals surface area contributed by atoms with Gasteiger partial charge in [-0.2, -0.15) is 0 Å². The number of hydrogen-bond donors (Lipinski definition) is 1. The third-order valence-electron chi connectivity index (χ3n) is 4.08. The Labute approximate surface area is 151 Å². The van der Waals surface area contributed by atoms with Crippen molar-refractivity contribution in [2.75, 3.05) is 19.4 Å². The van der Waals surface area contributed by atoms with Gasteiger partial charge in [-0.25, -0.2) is 17.5 Å². The minimum absolute atomic E-state index is 0.124. The molecule has 2 aromatic rings. The first-order chi connectivity index (χ1) is 12.3. The van der Waals surface area contributed by atoms with Gasteiger partial charge in [0.05, 0.1) is 10.5 Å². The van der Waals surface area contributed by atoms with Gasteiger partial charge in [-0.1, -0.05) is 18.2 Å². The van der Waals surface area contributed by atoms with E-state index in [9.17, 15) is 18.0 Å². The number of nitrogens with one attached hydrogen (secondary N) is 1. The number of sulfonamides is 1. The van der Waals surface area contributed by atoms with Gasteiger partial charge < -0.3 is 10.1 Å². The van der Waals surface area contributed by atoms with Crippen molar-refractivity contribution in [1.29, 1.82) is 0 Å². The van der Waals surface area contributed by atoms with Gasteiger partial charge in [-0.15, -0.1) is 0 Å². The molecule has 26 heavy (non-hydrogen) atoms. The molecule has 7 nitrogen and oxygen atoms in total. The van der Waals surface area contributed by atoms with E-state index in [0.717, 1.165) is 9.87 Å². The molecule has 1 aliphatic heterocycles. The van der Waals surface area contributed by atoms with Crippen molar-refractivity contribution in [3.8, 4) is 0 Å². The van der Waals surface area contributed by atoms with E-state index in [4.69, 9.17) is 4.74 Å². The Morgan fingerprint density at radius 2 is 1.77 bits per heavy atom. The Balaban J connectivity index is 1.72. The average molecular weight is 374 g/mol. The predicted octanol–water partition coefficient (Wildman–Crippen LogP) is 1.66. The summed E-state index contributed by atoms with van der Waals surface area (Å²) in [6.45, 7) is 0. The molecule has 0 fully saturated rings. The molecule has 0 aromatic heterocycles. The lowest BCUT2D eigenvalue weighted by atomic mass is 9.98. The summed E-state index contributed by atoms with van der Waals surface area (Å²) in [4.78, 5) is 24.5. The molecule has 1 aliphatic rings. The van der Waals surface area contributed by atoms with Gasteiger partial charge in [0.15, 0.2) is 6.10 Å². The van der Waals surface area contributed by atoms with Crippen molar-refractivity contribution in [2.24, 2.45) is 0 Å². The molecule has 8 heteroatoms. The van der Waals surface area contributed by atoms with Gasteiger partial charge in [-0.3, -0.25) is 4.79 Å². The topological polar surface area (TPSA) is 92.8 Å². The quantitative estimate of drug-likeness (QED) is 0.822. The van der Waals surface area contributed by atoms with Crippen molar-refractivity contribution >= 4 is 27.6 Å². The number of amides is 1. The van der Waals surface area contributed by atoms with Crippen LogP contribution in [0.15, 0.2) is 53.4 Å². The summed E-state index contributed by atoms with van der Waals surface area (Å²) < 4.78 is 30.4. The largest absolute Gasteiger partial charge is 0.448 e. The van der Waals surface area contributed by atoms with Crippen LogP contribution in [0.1, 0.15) is 15.9 Å². The smallest absolute Gasteiger partial charge is 0.339 e. The van der Waals surface area contributed by atoms with Crippen LogP contribution in [0.25, 0.3) is 0 Å². The molecule has 2 aromatic carbocycles. The average Bonchev–Trinajstić information content (AvgIpc) is 2.62. The van der Waals surface area contributed by atoms with Crippen LogP contribution in [0.5, 0.6) is 0 Å². The van der Waals surface area contributed by atoms with Gasteiger partial charge >= 0.3 is 5.97 Å². The summed E-state index contributed by atoms with van der Waals surface area (Å²) in [5.41, 5.74) is 1.65. The number of ether oxygens (including phenoxy) is 1. The Bertz CT molecular complexity index is 952. The van der Waals surface area contributed by atoms with Crippen molar-refractivity contribution in [2.45, 2.75) is 17.4 Å². The molecule has 1 heterocycles. The second kappa shape index (κ2) is 6.89. The maximum atomic E-state index is 12.4. The Kier molecular flexibility index (Phi) is 4.80. The lowest BCUT2D eigenvalue weighted by Gasteiger charge is -2.23. The van der Waals surface area contributed by atoms with Crippen molar-refractivity contribution in [3.63, 3.8) is 0 Å². The first-order valence-electron chi connectivity index (χ1n) is 7.91. The molecular weight excluding hydrogens is 356 g/mol. The van der Waals surface area contributed by atoms with E-state index in [2.05, 4.69) is 5.32 Å². The fraction of sp³-hybridized carbons (Fsp3) is 0.222. The highest BCUT2D eigenvalue weighted by Gasteiger charge is 2.31. The number of carbonyl (C=O) groups excluding carboxylic acids is 2. The number of cyclic esters (lactones) is 1. The number of anilines is 1. The molecule has 136 valence electrons. The molecule has 1 amide bonds. The molecule has 1 atom stereocenters. The van der Waals surface area contributed by atoms with Crippen molar-refractivity contribution < 1.29 is 22.7 Å². The summed E-state index contributed by atoms with van der Waals surface area (Å²) in [6.07, 6.45) is -0.636.